The number of guanidine groups is 1. The molecule has 3 rings (SSSR count). The van der Waals surface area contributed by atoms with Gasteiger partial charge in [-0.3, -0.25) is 4.99 Å². The molecule has 2 N–H and O–H groups in total. The minimum Gasteiger partial charge on any atom is -0.353 e. The van der Waals surface area contributed by atoms with E-state index in [1.54, 1.807) is 7.05 Å². The van der Waals surface area contributed by atoms with Gasteiger partial charge in [0.2, 0.25) is 0 Å². The summed E-state index contributed by atoms with van der Waals surface area (Å²) in [5.41, 5.74) is 1.31. The van der Waals surface area contributed by atoms with E-state index in [4.69, 9.17) is 0 Å². The van der Waals surface area contributed by atoms with E-state index in [1.165, 1.54) is 18.2 Å². The van der Waals surface area contributed by atoms with Gasteiger partial charge in [-0.15, -0.1) is 24.0 Å². The van der Waals surface area contributed by atoms with Crippen LogP contribution in [-0.4, -0.2) is 19.0 Å². The maximum absolute atomic E-state index is 13.9. The number of aliphatic imine (C=N–C) groups is 1. The van der Waals surface area contributed by atoms with Crippen molar-refractivity contribution in [2.24, 2.45) is 4.99 Å². The van der Waals surface area contributed by atoms with Crippen LogP contribution in [0.1, 0.15) is 36.4 Å². The van der Waals surface area contributed by atoms with Crippen LogP contribution in [0.4, 0.5) is 8.78 Å². The molecular weight excluding hydrogens is 435 g/mol. The summed E-state index contributed by atoms with van der Waals surface area (Å²) in [6.07, 6.45) is 0.693. The van der Waals surface area contributed by atoms with E-state index in [-0.39, 0.29) is 47.5 Å². The molecule has 0 aliphatic heterocycles. The highest BCUT2D eigenvalue weighted by atomic mass is 127. The molecule has 2 aromatic carbocycles. The van der Waals surface area contributed by atoms with Crippen LogP contribution in [0.5, 0.6) is 0 Å². The van der Waals surface area contributed by atoms with Crippen LogP contribution in [0.25, 0.3) is 0 Å². The molecule has 0 heterocycles. The number of nitrogens with zero attached hydrogens (tertiary/aromatic N) is 1. The third-order valence-electron chi connectivity index (χ3n) is 4.36. The van der Waals surface area contributed by atoms with Gasteiger partial charge in [0.25, 0.3) is 0 Å². The van der Waals surface area contributed by atoms with Gasteiger partial charge in [0.15, 0.2) is 5.96 Å². The van der Waals surface area contributed by atoms with Crippen molar-refractivity contribution in [2.45, 2.75) is 31.3 Å². The predicted molar refractivity (Wildman–Crippen MR) is 107 cm³/mol. The van der Waals surface area contributed by atoms with E-state index in [2.05, 4.69) is 15.6 Å². The van der Waals surface area contributed by atoms with Crippen molar-refractivity contribution in [3.8, 4) is 0 Å². The zero-order valence-electron chi connectivity index (χ0n) is 14.2. The molecule has 0 spiro atoms. The summed E-state index contributed by atoms with van der Waals surface area (Å²) >= 11 is 0. The maximum atomic E-state index is 13.9. The summed E-state index contributed by atoms with van der Waals surface area (Å²) in [5.74, 6) is -0.484. The van der Waals surface area contributed by atoms with Crippen LogP contribution in [-0.2, 0) is 0 Å². The lowest BCUT2D eigenvalue weighted by molar-refractivity contribution is 0.553. The molecule has 1 aliphatic rings. The molecule has 1 saturated carbocycles. The van der Waals surface area contributed by atoms with Crippen molar-refractivity contribution in [2.75, 3.05) is 7.05 Å². The van der Waals surface area contributed by atoms with E-state index >= 15 is 0 Å². The zero-order valence-corrected chi connectivity index (χ0v) is 16.5. The van der Waals surface area contributed by atoms with Crippen LogP contribution in [0.2, 0.25) is 0 Å². The van der Waals surface area contributed by atoms with Gasteiger partial charge < -0.3 is 10.6 Å². The predicted octanol–water partition coefficient (Wildman–Crippen LogP) is 4.36. The number of rotatable bonds is 4. The van der Waals surface area contributed by atoms with Crippen LogP contribution in [0.15, 0.2) is 53.5 Å². The lowest BCUT2D eigenvalue weighted by Crippen LogP contribution is -2.40. The van der Waals surface area contributed by atoms with Gasteiger partial charge in [0, 0.05) is 24.6 Å². The standard InChI is InChI=1S/C19H21F2N3.HI/c1-12(13-7-4-3-5-8-13)23-19(22-2)24-17-11-14(17)18-15(20)9-6-10-16(18)21;/h3-10,12,14,17H,11H2,1-2H3,(H2,22,23,24);1H. The second-order valence-electron chi connectivity index (χ2n) is 6.08. The average Bonchev–Trinajstić information content (AvgIpc) is 3.33. The number of hydrogen-bond donors (Lipinski definition) is 2. The molecule has 0 amide bonds. The Morgan fingerprint density at radius 3 is 2.32 bits per heavy atom. The summed E-state index contributed by atoms with van der Waals surface area (Å²) in [4.78, 5) is 4.21. The molecule has 134 valence electrons. The molecule has 0 bridgehead atoms. The Morgan fingerprint density at radius 2 is 1.72 bits per heavy atom. The van der Waals surface area contributed by atoms with Crippen molar-refractivity contribution in [1.29, 1.82) is 0 Å². The third kappa shape index (κ3) is 4.68. The molecule has 0 saturated heterocycles. The second kappa shape index (κ2) is 8.60. The van der Waals surface area contributed by atoms with Crippen LogP contribution in [0.3, 0.4) is 0 Å². The molecule has 1 aliphatic carbocycles. The highest BCUT2D eigenvalue weighted by Crippen LogP contribution is 2.43. The molecule has 3 nitrogen and oxygen atoms in total. The molecule has 0 aromatic heterocycles. The molecule has 1 fully saturated rings. The first-order chi connectivity index (χ1) is 11.6. The monoisotopic (exact) mass is 457 g/mol. The highest BCUT2D eigenvalue weighted by molar-refractivity contribution is 14.0. The average molecular weight is 457 g/mol. The van der Waals surface area contributed by atoms with E-state index < -0.39 is 11.6 Å². The Bertz CT molecular complexity index is 716. The normalized spacial score (nSPS) is 20.4. The lowest BCUT2D eigenvalue weighted by atomic mass is 10.1. The number of nitrogens with one attached hydrogen (secondary N) is 2. The maximum Gasteiger partial charge on any atom is 0.191 e. The quantitative estimate of drug-likeness (QED) is 0.407. The van der Waals surface area contributed by atoms with E-state index in [0.29, 0.717) is 12.4 Å². The second-order valence-corrected chi connectivity index (χ2v) is 6.08. The van der Waals surface area contributed by atoms with Crippen LogP contribution < -0.4 is 10.6 Å². The van der Waals surface area contributed by atoms with Gasteiger partial charge >= 0.3 is 0 Å². The van der Waals surface area contributed by atoms with E-state index in [0.717, 1.165) is 5.56 Å². The number of hydrogen-bond acceptors (Lipinski definition) is 1. The van der Waals surface area contributed by atoms with Gasteiger partial charge in [-0.05, 0) is 31.0 Å². The first kappa shape index (κ1) is 19.6. The first-order valence-corrected chi connectivity index (χ1v) is 8.09. The van der Waals surface area contributed by atoms with Gasteiger partial charge in [-0.1, -0.05) is 36.4 Å². The molecular formula is C19H22F2IN3. The van der Waals surface area contributed by atoms with Crippen molar-refractivity contribution in [3.05, 3.63) is 71.3 Å². The first-order valence-electron chi connectivity index (χ1n) is 8.09. The third-order valence-corrected chi connectivity index (χ3v) is 4.36. The number of benzene rings is 2. The van der Waals surface area contributed by atoms with Crippen molar-refractivity contribution in [3.63, 3.8) is 0 Å². The van der Waals surface area contributed by atoms with Gasteiger partial charge in [-0.25, -0.2) is 8.78 Å². The summed E-state index contributed by atoms with van der Waals surface area (Å²) in [7, 11) is 1.69. The molecule has 6 heteroatoms. The number of halogens is 3. The fourth-order valence-corrected chi connectivity index (χ4v) is 2.91. The molecule has 0 radical (unpaired) electrons. The smallest absolute Gasteiger partial charge is 0.191 e. The fourth-order valence-electron chi connectivity index (χ4n) is 2.91. The summed E-state index contributed by atoms with van der Waals surface area (Å²) in [6.45, 7) is 2.04. The van der Waals surface area contributed by atoms with Gasteiger partial charge in [0.05, 0.1) is 6.04 Å². The Hall–Kier alpha value is -1.70. The minimum absolute atomic E-state index is 0. The SMILES string of the molecule is CN=C(NC(C)c1ccccc1)NC1CC1c1c(F)cccc1F.I. The molecule has 3 atom stereocenters. The Morgan fingerprint density at radius 1 is 1.08 bits per heavy atom. The van der Waals surface area contributed by atoms with Crippen molar-refractivity contribution >= 4 is 29.9 Å². The Balaban J connectivity index is 0.00000225. The van der Waals surface area contributed by atoms with E-state index in [9.17, 15) is 8.78 Å². The molecule has 3 unspecified atom stereocenters. The Kier molecular flexibility index (Phi) is 6.75. The van der Waals surface area contributed by atoms with Gasteiger partial charge in [-0.2, -0.15) is 0 Å². The lowest BCUT2D eigenvalue weighted by Gasteiger charge is -2.18. The van der Waals surface area contributed by atoms with Crippen LogP contribution >= 0.6 is 24.0 Å². The minimum atomic E-state index is -0.482. The molecule has 25 heavy (non-hydrogen) atoms. The molecule has 2 aromatic rings. The van der Waals surface area contributed by atoms with Gasteiger partial charge in [0.1, 0.15) is 11.6 Å². The van der Waals surface area contributed by atoms with Crippen molar-refractivity contribution < 1.29 is 8.78 Å². The highest BCUT2D eigenvalue weighted by Gasteiger charge is 2.42. The van der Waals surface area contributed by atoms with Crippen molar-refractivity contribution in [1.82, 2.24) is 10.6 Å². The topological polar surface area (TPSA) is 36.4 Å². The summed E-state index contributed by atoms with van der Waals surface area (Å²) in [5, 5.41) is 6.56. The largest absolute Gasteiger partial charge is 0.353 e. The summed E-state index contributed by atoms with van der Waals surface area (Å²) in [6, 6.07) is 14.1. The Labute approximate surface area is 164 Å². The summed E-state index contributed by atoms with van der Waals surface area (Å²) < 4.78 is 27.7. The van der Waals surface area contributed by atoms with E-state index in [1.807, 2.05) is 37.3 Å². The fraction of sp³-hybridized carbons (Fsp3) is 0.316. The zero-order chi connectivity index (χ0) is 17.1. The van der Waals surface area contributed by atoms with Crippen LogP contribution in [0, 0.1) is 11.6 Å².